The Bertz CT molecular complexity index is 436. The predicted octanol–water partition coefficient (Wildman–Crippen LogP) is 2.66. The van der Waals surface area contributed by atoms with E-state index in [1.54, 1.807) is 0 Å². The highest BCUT2D eigenvalue weighted by molar-refractivity contribution is 5.85. The number of carbonyl (C=O) groups is 1. The molecule has 0 aromatic heterocycles. The molecule has 0 bridgehead atoms. The maximum Gasteiger partial charge on any atom is 0.223 e. The van der Waals surface area contributed by atoms with Crippen molar-refractivity contribution in [2.45, 2.75) is 39.2 Å². The van der Waals surface area contributed by atoms with Gasteiger partial charge in [-0.25, -0.2) is 0 Å². The van der Waals surface area contributed by atoms with Gasteiger partial charge in [0.2, 0.25) is 5.91 Å². The average molecular weight is 297 g/mol. The fourth-order valence-corrected chi connectivity index (χ4v) is 3.05. The van der Waals surface area contributed by atoms with E-state index in [1.165, 1.54) is 11.1 Å². The first kappa shape index (κ1) is 17.0. The summed E-state index contributed by atoms with van der Waals surface area (Å²) in [6.07, 6.45) is 4.22. The van der Waals surface area contributed by atoms with Crippen LogP contribution in [0.25, 0.3) is 0 Å². The standard InChI is InChI=1S/C16H24N2O.ClH/c1-2-12-6-3-4-7-14(12)11-18-16(19)15-9-5-8-13(15)10-17;/h3-4,6-7,13,15H,2,5,8-11,17H2,1H3,(H,18,19);1H/t13-,15-;/m1./s1. The SMILES string of the molecule is CCc1ccccc1CNC(=O)[C@@H]1CCC[C@@H]1CN.Cl. The molecule has 0 saturated heterocycles. The monoisotopic (exact) mass is 296 g/mol. The van der Waals surface area contributed by atoms with Crippen molar-refractivity contribution in [2.75, 3.05) is 6.54 Å². The Morgan fingerprint density at radius 3 is 2.65 bits per heavy atom. The molecule has 20 heavy (non-hydrogen) atoms. The lowest BCUT2D eigenvalue weighted by molar-refractivity contribution is -0.126. The third kappa shape index (κ3) is 3.97. The Morgan fingerprint density at radius 1 is 1.30 bits per heavy atom. The molecule has 0 radical (unpaired) electrons. The number of benzene rings is 1. The lowest BCUT2D eigenvalue weighted by Gasteiger charge is -2.18. The van der Waals surface area contributed by atoms with E-state index in [0.717, 1.165) is 25.7 Å². The van der Waals surface area contributed by atoms with Gasteiger partial charge in [-0.3, -0.25) is 4.79 Å². The van der Waals surface area contributed by atoms with Crippen molar-refractivity contribution in [1.82, 2.24) is 5.32 Å². The molecule has 3 N–H and O–H groups in total. The summed E-state index contributed by atoms with van der Waals surface area (Å²) in [7, 11) is 0. The molecule has 0 aliphatic heterocycles. The highest BCUT2D eigenvalue weighted by Crippen LogP contribution is 2.31. The Kier molecular flexibility index (Phi) is 7.03. The second kappa shape index (κ2) is 8.28. The number of hydrogen-bond donors (Lipinski definition) is 2. The lowest BCUT2D eigenvalue weighted by Crippen LogP contribution is -2.34. The second-order valence-electron chi connectivity index (χ2n) is 5.37. The van der Waals surface area contributed by atoms with Crippen LogP contribution in [0, 0.1) is 11.8 Å². The van der Waals surface area contributed by atoms with Gasteiger partial charge in [-0.05, 0) is 42.9 Å². The van der Waals surface area contributed by atoms with Crippen molar-refractivity contribution in [2.24, 2.45) is 17.6 Å². The van der Waals surface area contributed by atoms with Crippen molar-refractivity contribution in [1.29, 1.82) is 0 Å². The van der Waals surface area contributed by atoms with Crippen LogP contribution in [0.2, 0.25) is 0 Å². The highest BCUT2D eigenvalue weighted by atomic mass is 35.5. The summed E-state index contributed by atoms with van der Waals surface area (Å²) in [5, 5.41) is 3.09. The number of nitrogens with one attached hydrogen (secondary N) is 1. The highest BCUT2D eigenvalue weighted by Gasteiger charge is 2.31. The van der Waals surface area contributed by atoms with E-state index < -0.39 is 0 Å². The molecule has 1 aromatic rings. The van der Waals surface area contributed by atoms with Crippen LogP contribution in [0.5, 0.6) is 0 Å². The molecule has 112 valence electrons. The molecule has 1 saturated carbocycles. The zero-order chi connectivity index (χ0) is 13.7. The van der Waals surface area contributed by atoms with Gasteiger partial charge in [0.25, 0.3) is 0 Å². The predicted molar refractivity (Wildman–Crippen MR) is 84.8 cm³/mol. The summed E-state index contributed by atoms with van der Waals surface area (Å²) < 4.78 is 0. The largest absolute Gasteiger partial charge is 0.352 e. The average Bonchev–Trinajstić information content (AvgIpc) is 2.93. The molecule has 1 fully saturated rings. The lowest BCUT2D eigenvalue weighted by atomic mass is 9.95. The van der Waals surface area contributed by atoms with E-state index in [-0.39, 0.29) is 24.2 Å². The maximum atomic E-state index is 12.2. The Labute approximate surface area is 127 Å². The normalized spacial score (nSPS) is 21.3. The number of rotatable bonds is 5. The van der Waals surface area contributed by atoms with Crippen molar-refractivity contribution >= 4 is 18.3 Å². The number of halogens is 1. The zero-order valence-corrected chi connectivity index (χ0v) is 12.9. The first-order valence-corrected chi connectivity index (χ1v) is 7.30. The molecule has 0 unspecified atom stereocenters. The molecule has 3 nitrogen and oxygen atoms in total. The first-order valence-electron chi connectivity index (χ1n) is 7.30. The Morgan fingerprint density at radius 2 is 2.00 bits per heavy atom. The summed E-state index contributed by atoms with van der Waals surface area (Å²) in [4.78, 5) is 12.2. The quantitative estimate of drug-likeness (QED) is 0.878. The van der Waals surface area contributed by atoms with Gasteiger partial charge in [-0.1, -0.05) is 37.6 Å². The van der Waals surface area contributed by atoms with Crippen LogP contribution >= 0.6 is 12.4 Å². The van der Waals surface area contributed by atoms with E-state index in [4.69, 9.17) is 5.73 Å². The van der Waals surface area contributed by atoms with Crippen LogP contribution in [-0.2, 0) is 17.8 Å². The minimum atomic E-state index is 0. The number of nitrogens with two attached hydrogens (primary N) is 1. The van der Waals surface area contributed by atoms with Gasteiger partial charge in [-0.15, -0.1) is 12.4 Å². The van der Waals surface area contributed by atoms with Crippen molar-refractivity contribution in [3.63, 3.8) is 0 Å². The van der Waals surface area contributed by atoms with E-state index in [1.807, 2.05) is 12.1 Å². The number of amides is 1. The van der Waals surface area contributed by atoms with Crippen LogP contribution < -0.4 is 11.1 Å². The van der Waals surface area contributed by atoms with Gasteiger partial charge in [-0.2, -0.15) is 0 Å². The van der Waals surface area contributed by atoms with Gasteiger partial charge in [0, 0.05) is 12.5 Å². The third-order valence-electron chi connectivity index (χ3n) is 4.25. The summed E-state index contributed by atoms with van der Waals surface area (Å²) in [5.74, 6) is 0.680. The molecule has 0 heterocycles. The van der Waals surface area contributed by atoms with Crippen LogP contribution in [-0.4, -0.2) is 12.5 Å². The molecular weight excluding hydrogens is 272 g/mol. The summed E-state index contributed by atoms with van der Waals surface area (Å²) in [6.45, 7) is 3.41. The molecule has 0 spiro atoms. The van der Waals surface area contributed by atoms with Crippen LogP contribution in [0.1, 0.15) is 37.3 Å². The Balaban J connectivity index is 0.00000200. The van der Waals surface area contributed by atoms with Gasteiger partial charge < -0.3 is 11.1 Å². The fourth-order valence-electron chi connectivity index (χ4n) is 3.05. The minimum absolute atomic E-state index is 0. The van der Waals surface area contributed by atoms with Crippen LogP contribution in [0.3, 0.4) is 0 Å². The molecule has 1 aliphatic rings. The molecule has 2 rings (SSSR count). The van der Waals surface area contributed by atoms with E-state index in [2.05, 4.69) is 24.4 Å². The van der Waals surface area contributed by atoms with Gasteiger partial charge in [0.15, 0.2) is 0 Å². The van der Waals surface area contributed by atoms with E-state index >= 15 is 0 Å². The first-order chi connectivity index (χ1) is 9.26. The third-order valence-corrected chi connectivity index (χ3v) is 4.25. The van der Waals surface area contributed by atoms with Gasteiger partial charge >= 0.3 is 0 Å². The van der Waals surface area contributed by atoms with E-state index in [9.17, 15) is 4.79 Å². The maximum absolute atomic E-state index is 12.2. The Hall–Kier alpha value is -1.06. The number of hydrogen-bond acceptors (Lipinski definition) is 2. The number of carbonyl (C=O) groups excluding carboxylic acids is 1. The van der Waals surface area contributed by atoms with Crippen molar-refractivity contribution in [3.8, 4) is 0 Å². The van der Waals surface area contributed by atoms with Gasteiger partial charge in [0.05, 0.1) is 0 Å². The van der Waals surface area contributed by atoms with Crippen molar-refractivity contribution in [3.05, 3.63) is 35.4 Å². The summed E-state index contributed by atoms with van der Waals surface area (Å²) in [6, 6.07) is 8.29. The van der Waals surface area contributed by atoms with Crippen LogP contribution in [0.4, 0.5) is 0 Å². The fraction of sp³-hybridized carbons (Fsp3) is 0.562. The second-order valence-corrected chi connectivity index (χ2v) is 5.37. The van der Waals surface area contributed by atoms with Crippen molar-refractivity contribution < 1.29 is 4.79 Å². The molecular formula is C16H25ClN2O. The van der Waals surface area contributed by atoms with Crippen LogP contribution in [0.15, 0.2) is 24.3 Å². The number of aryl methyl sites for hydroxylation is 1. The molecule has 4 heteroatoms. The summed E-state index contributed by atoms with van der Waals surface area (Å²) >= 11 is 0. The topological polar surface area (TPSA) is 55.1 Å². The molecule has 1 aliphatic carbocycles. The molecule has 2 atom stereocenters. The molecule has 1 amide bonds. The zero-order valence-electron chi connectivity index (χ0n) is 12.1. The summed E-state index contributed by atoms with van der Waals surface area (Å²) in [5.41, 5.74) is 8.27. The van der Waals surface area contributed by atoms with E-state index in [0.29, 0.717) is 19.0 Å². The smallest absolute Gasteiger partial charge is 0.223 e. The molecule has 1 aromatic carbocycles. The van der Waals surface area contributed by atoms with Gasteiger partial charge in [0.1, 0.15) is 0 Å². The minimum Gasteiger partial charge on any atom is -0.352 e.